The molecule has 0 radical (unpaired) electrons. The first-order valence-corrected chi connectivity index (χ1v) is 5.65. The van der Waals surface area contributed by atoms with E-state index in [1.165, 1.54) is 6.08 Å². The molecule has 0 aliphatic heterocycles. The summed E-state index contributed by atoms with van der Waals surface area (Å²) >= 11 is 3.35. The maximum Gasteiger partial charge on any atom is 0.310 e. The largest absolute Gasteiger partial charge is 0.453 e. The fourth-order valence-corrected chi connectivity index (χ4v) is 1.48. The highest BCUT2D eigenvalue weighted by atomic mass is 79.9. The number of hydrogen-bond acceptors (Lipinski definition) is 2. The summed E-state index contributed by atoms with van der Waals surface area (Å²) in [6.45, 7) is 7.14. The van der Waals surface area contributed by atoms with E-state index in [4.69, 9.17) is 4.74 Å². The van der Waals surface area contributed by atoms with Crippen molar-refractivity contribution in [2.45, 2.75) is 12.5 Å². The van der Waals surface area contributed by atoms with E-state index < -0.39 is 6.10 Å². The summed E-state index contributed by atoms with van der Waals surface area (Å²) in [7, 11) is 0. The molecule has 0 aliphatic rings. The van der Waals surface area contributed by atoms with Gasteiger partial charge in [0.25, 0.3) is 0 Å². The second-order valence-electron chi connectivity index (χ2n) is 3.19. The van der Waals surface area contributed by atoms with Crippen molar-refractivity contribution >= 4 is 21.9 Å². The van der Waals surface area contributed by atoms with Crippen LogP contribution in [0.25, 0.3) is 0 Å². The van der Waals surface area contributed by atoms with Gasteiger partial charge in [0, 0.05) is 4.47 Å². The lowest BCUT2D eigenvalue weighted by Gasteiger charge is -2.13. The second kappa shape index (κ2) is 6.28. The van der Waals surface area contributed by atoms with Crippen LogP contribution in [0.3, 0.4) is 0 Å². The summed E-state index contributed by atoms with van der Waals surface area (Å²) in [5.74, 6) is -0.303. The fraction of sp³-hybridized carbons (Fsp3) is 0.154. The molecule has 0 saturated carbocycles. The van der Waals surface area contributed by atoms with Crippen molar-refractivity contribution in [3.05, 3.63) is 59.6 Å². The van der Waals surface area contributed by atoms with Crippen LogP contribution >= 0.6 is 15.9 Å². The zero-order chi connectivity index (χ0) is 12.0. The predicted molar refractivity (Wildman–Crippen MR) is 68.0 cm³/mol. The molecule has 0 aromatic heterocycles. The summed E-state index contributed by atoms with van der Waals surface area (Å²) in [5, 5.41) is 0. The van der Waals surface area contributed by atoms with Crippen LogP contribution in [0.5, 0.6) is 0 Å². The predicted octanol–water partition coefficient (Wildman–Crippen LogP) is 3.80. The lowest BCUT2D eigenvalue weighted by Crippen LogP contribution is -2.08. The molecule has 1 atom stereocenters. The van der Waals surface area contributed by atoms with Crippen molar-refractivity contribution < 1.29 is 9.53 Å². The lowest BCUT2D eigenvalue weighted by molar-refractivity contribution is -0.146. The summed E-state index contributed by atoms with van der Waals surface area (Å²) in [6, 6.07) is 7.57. The first kappa shape index (κ1) is 12.7. The van der Waals surface area contributed by atoms with E-state index in [2.05, 4.69) is 29.1 Å². The van der Waals surface area contributed by atoms with Crippen LogP contribution in [0.1, 0.15) is 18.1 Å². The van der Waals surface area contributed by atoms with E-state index in [0.717, 1.165) is 10.0 Å². The monoisotopic (exact) mass is 280 g/mol. The molecule has 0 aliphatic carbocycles. The maximum atomic E-state index is 11.3. The van der Waals surface area contributed by atoms with Crippen LogP contribution < -0.4 is 0 Å². The highest BCUT2D eigenvalue weighted by molar-refractivity contribution is 9.10. The van der Waals surface area contributed by atoms with Gasteiger partial charge in [0.2, 0.25) is 0 Å². The van der Waals surface area contributed by atoms with Gasteiger partial charge in [-0.2, -0.15) is 0 Å². The molecular formula is C13H13BrO2. The third kappa shape index (κ3) is 3.66. The van der Waals surface area contributed by atoms with Crippen molar-refractivity contribution in [1.82, 2.24) is 0 Å². The smallest absolute Gasteiger partial charge is 0.310 e. The summed E-state index contributed by atoms with van der Waals surface area (Å²) in [6.07, 6.45) is 2.93. The molecule has 84 valence electrons. The topological polar surface area (TPSA) is 26.3 Å². The number of ether oxygens (including phenoxy) is 1. The molecular weight excluding hydrogens is 268 g/mol. The van der Waals surface area contributed by atoms with Crippen molar-refractivity contribution in [1.29, 1.82) is 0 Å². The fourth-order valence-electron chi connectivity index (χ4n) is 1.21. The molecule has 1 aromatic rings. The van der Waals surface area contributed by atoms with Crippen LogP contribution in [0.2, 0.25) is 0 Å². The molecule has 0 amide bonds. The number of rotatable bonds is 5. The number of halogens is 1. The van der Waals surface area contributed by atoms with Crippen LogP contribution in [0.15, 0.2) is 54.0 Å². The van der Waals surface area contributed by atoms with Crippen LogP contribution in [0.4, 0.5) is 0 Å². The molecule has 1 unspecified atom stereocenters. The molecule has 0 spiro atoms. The Kier molecular flexibility index (Phi) is 4.99. The second-order valence-corrected chi connectivity index (χ2v) is 4.11. The van der Waals surface area contributed by atoms with E-state index in [1.807, 2.05) is 24.3 Å². The number of benzene rings is 1. The Morgan fingerprint density at radius 3 is 2.50 bits per heavy atom. The third-order valence-corrected chi connectivity index (χ3v) is 2.51. The summed E-state index contributed by atoms with van der Waals surface area (Å²) < 4.78 is 6.21. The van der Waals surface area contributed by atoms with Gasteiger partial charge < -0.3 is 4.74 Å². The molecule has 1 aromatic carbocycles. The molecule has 0 N–H and O–H groups in total. The van der Waals surface area contributed by atoms with E-state index >= 15 is 0 Å². The molecule has 3 heteroatoms. The normalized spacial score (nSPS) is 11.6. The zero-order valence-corrected chi connectivity index (χ0v) is 10.4. The highest BCUT2D eigenvalue weighted by Gasteiger charge is 2.11. The maximum absolute atomic E-state index is 11.3. The Morgan fingerprint density at radius 1 is 1.38 bits per heavy atom. The van der Waals surface area contributed by atoms with Crippen molar-refractivity contribution in [2.75, 3.05) is 0 Å². The SMILES string of the molecule is C=CCC(=O)OC(C=C)c1ccc(Br)cc1. The molecule has 0 fully saturated rings. The minimum atomic E-state index is -0.402. The Bertz CT molecular complexity index is 381. The van der Waals surface area contributed by atoms with Crippen molar-refractivity contribution in [3.63, 3.8) is 0 Å². The van der Waals surface area contributed by atoms with E-state index in [1.54, 1.807) is 6.08 Å². The average molecular weight is 281 g/mol. The van der Waals surface area contributed by atoms with Crippen LogP contribution in [-0.2, 0) is 9.53 Å². The van der Waals surface area contributed by atoms with Gasteiger partial charge in [-0.25, -0.2) is 0 Å². The Hall–Kier alpha value is -1.35. The first-order valence-electron chi connectivity index (χ1n) is 4.85. The van der Waals surface area contributed by atoms with E-state index in [0.29, 0.717) is 0 Å². The molecule has 2 nitrogen and oxygen atoms in total. The third-order valence-electron chi connectivity index (χ3n) is 1.98. The number of carbonyl (C=O) groups is 1. The minimum Gasteiger partial charge on any atom is -0.453 e. The van der Waals surface area contributed by atoms with Crippen molar-refractivity contribution in [2.24, 2.45) is 0 Å². The van der Waals surface area contributed by atoms with Crippen molar-refractivity contribution in [3.8, 4) is 0 Å². The number of esters is 1. The Labute approximate surface area is 104 Å². The van der Waals surface area contributed by atoms with Gasteiger partial charge in [-0.05, 0) is 23.8 Å². The highest BCUT2D eigenvalue weighted by Crippen LogP contribution is 2.21. The zero-order valence-electron chi connectivity index (χ0n) is 8.86. The van der Waals surface area contributed by atoms with Crippen LogP contribution in [0, 0.1) is 0 Å². The molecule has 1 rings (SSSR count). The minimum absolute atomic E-state index is 0.209. The van der Waals surface area contributed by atoms with Gasteiger partial charge in [0.05, 0.1) is 6.42 Å². The van der Waals surface area contributed by atoms with Crippen LogP contribution in [-0.4, -0.2) is 5.97 Å². The average Bonchev–Trinajstić information content (AvgIpc) is 2.27. The summed E-state index contributed by atoms with van der Waals surface area (Å²) in [4.78, 5) is 11.3. The number of carbonyl (C=O) groups excluding carboxylic acids is 1. The molecule has 0 saturated heterocycles. The quantitative estimate of drug-likeness (QED) is 0.606. The van der Waals surface area contributed by atoms with Gasteiger partial charge in [-0.15, -0.1) is 6.58 Å². The van der Waals surface area contributed by atoms with E-state index in [9.17, 15) is 4.79 Å². The number of hydrogen-bond donors (Lipinski definition) is 0. The van der Waals surface area contributed by atoms with E-state index in [-0.39, 0.29) is 12.4 Å². The van der Waals surface area contributed by atoms with Gasteiger partial charge >= 0.3 is 5.97 Å². The standard InChI is InChI=1S/C13H13BrO2/c1-3-5-13(15)16-12(4-2)10-6-8-11(14)9-7-10/h3-4,6-9,12H,1-2,5H2. The molecule has 0 heterocycles. The lowest BCUT2D eigenvalue weighted by atomic mass is 10.1. The Morgan fingerprint density at radius 2 is 2.00 bits per heavy atom. The molecule has 16 heavy (non-hydrogen) atoms. The Balaban J connectivity index is 2.74. The van der Waals surface area contributed by atoms with Gasteiger partial charge in [0.1, 0.15) is 6.10 Å². The summed E-state index contributed by atoms with van der Waals surface area (Å²) in [5.41, 5.74) is 0.899. The molecule has 0 bridgehead atoms. The van der Waals surface area contributed by atoms with Gasteiger partial charge in [-0.1, -0.05) is 40.7 Å². The van der Waals surface area contributed by atoms with Gasteiger partial charge in [-0.3, -0.25) is 4.79 Å². The van der Waals surface area contributed by atoms with Gasteiger partial charge in [0.15, 0.2) is 0 Å². The first-order chi connectivity index (χ1) is 7.67.